The summed E-state index contributed by atoms with van der Waals surface area (Å²) in [4.78, 5) is 14.6. The van der Waals surface area contributed by atoms with Crippen molar-refractivity contribution in [1.82, 2.24) is 9.21 Å². The number of fused-ring (bicyclic) bond motifs is 1. The predicted octanol–water partition coefficient (Wildman–Crippen LogP) is 3.50. The number of sulfonamides is 1. The van der Waals surface area contributed by atoms with Crippen LogP contribution in [0.1, 0.15) is 21.7 Å². The van der Waals surface area contributed by atoms with Crippen LogP contribution in [0.15, 0.2) is 64.4 Å². The maximum Gasteiger partial charge on any atom is 0.289 e. The zero-order chi connectivity index (χ0) is 20.4. The highest BCUT2D eigenvalue weighted by Gasteiger charge is 2.30. The number of hydrogen-bond donors (Lipinski definition) is 0. The lowest BCUT2D eigenvalue weighted by atomic mass is 10.1. The molecule has 1 amide bonds. The molecule has 29 heavy (non-hydrogen) atoms. The molecule has 1 aliphatic rings. The molecule has 0 unspecified atom stereocenters. The second-order valence-corrected chi connectivity index (χ2v) is 8.82. The zero-order valence-corrected chi connectivity index (χ0v) is 16.9. The first kappa shape index (κ1) is 19.4. The third kappa shape index (κ3) is 3.97. The maximum atomic E-state index is 12.9. The summed E-state index contributed by atoms with van der Waals surface area (Å²) < 4.78 is 32.4. The van der Waals surface area contributed by atoms with Crippen molar-refractivity contribution in [2.75, 3.05) is 26.2 Å². The molecule has 0 aliphatic carbocycles. The zero-order valence-electron chi connectivity index (χ0n) is 16.1. The summed E-state index contributed by atoms with van der Waals surface area (Å²) in [6.07, 6.45) is 1.59. The lowest BCUT2D eigenvalue weighted by molar-refractivity contribution is 0.0668. The van der Waals surface area contributed by atoms with Gasteiger partial charge in [-0.3, -0.25) is 4.79 Å². The first-order chi connectivity index (χ1) is 14.0. The van der Waals surface area contributed by atoms with Crippen molar-refractivity contribution in [3.8, 4) is 0 Å². The molecular formula is C22H22N2O4S. The molecule has 6 nitrogen and oxygen atoms in total. The highest BCUT2D eigenvalue weighted by atomic mass is 32.2. The topological polar surface area (TPSA) is 70.8 Å². The number of nitrogens with zero attached hydrogens (tertiary/aromatic N) is 2. The van der Waals surface area contributed by atoms with E-state index in [1.165, 1.54) is 9.71 Å². The number of furan rings is 1. The second kappa shape index (κ2) is 7.85. The van der Waals surface area contributed by atoms with Crippen molar-refractivity contribution in [2.24, 2.45) is 0 Å². The molecule has 1 saturated heterocycles. The Balaban J connectivity index is 1.44. The molecule has 0 N–H and O–H groups in total. The van der Waals surface area contributed by atoms with Gasteiger partial charge >= 0.3 is 0 Å². The number of carbonyl (C=O) groups excluding carboxylic acids is 1. The monoisotopic (exact) mass is 410 g/mol. The van der Waals surface area contributed by atoms with Gasteiger partial charge in [0, 0.05) is 42.5 Å². The van der Waals surface area contributed by atoms with Crippen LogP contribution in [0.5, 0.6) is 0 Å². The number of amides is 1. The Kier molecular flexibility index (Phi) is 5.25. The normalized spacial score (nSPS) is 16.0. The summed E-state index contributed by atoms with van der Waals surface area (Å²) in [5, 5.41) is 2.14. The Morgan fingerprint density at radius 3 is 2.31 bits per heavy atom. The van der Waals surface area contributed by atoms with Gasteiger partial charge in [-0.15, -0.1) is 0 Å². The number of hydrogen-bond acceptors (Lipinski definition) is 4. The SMILES string of the molecule is Cc1c(C(=O)N2CCN(S(=O)(=O)/C=C/c3ccccc3)CC2)oc2ccccc12. The van der Waals surface area contributed by atoms with Crippen LogP contribution in [0.3, 0.4) is 0 Å². The van der Waals surface area contributed by atoms with Crippen LogP contribution in [-0.2, 0) is 10.0 Å². The van der Waals surface area contributed by atoms with Crippen molar-refractivity contribution >= 4 is 33.0 Å². The molecule has 1 aliphatic heterocycles. The molecule has 150 valence electrons. The van der Waals surface area contributed by atoms with Crippen LogP contribution < -0.4 is 0 Å². The van der Waals surface area contributed by atoms with E-state index in [0.29, 0.717) is 24.4 Å². The fourth-order valence-corrected chi connectivity index (χ4v) is 4.66. The highest BCUT2D eigenvalue weighted by Crippen LogP contribution is 2.26. The fraction of sp³-hybridized carbons (Fsp3) is 0.227. The first-order valence-corrected chi connectivity index (χ1v) is 11.0. The Morgan fingerprint density at radius 2 is 1.62 bits per heavy atom. The van der Waals surface area contributed by atoms with Crippen LogP contribution in [0.25, 0.3) is 17.0 Å². The van der Waals surface area contributed by atoms with Gasteiger partial charge in [0.25, 0.3) is 5.91 Å². The number of carbonyl (C=O) groups is 1. The van der Waals surface area contributed by atoms with Crippen molar-refractivity contribution in [3.63, 3.8) is 0 Å². The average Bonchev–Trinajstić information content (AvgIpc) is 3.09. The van der Waals surface area contributed by atoms with Crippen LogP contribution >= 0.6 is 0 Å². The molecule has 2 heterocycles. The third-order valence-corrected chi connectivity index (χ3v) is 6.72. The molecule has 0 bridgehead atoms. The van der Waals surface area contributed by atoms with E-state index in [9.17, 15) is 13.2 Å². The summed E-state index contributed by atoms with van der Waals surface area (Å²) in [6, 6.07) is 16.8. The van der Waals surface area contributed by atoms with Gasteiger partial charge in [0.15, 0.2) is 5.76 Å². The Labute approximate surface area is 170 Å². The molecule has 0 spiro atoms. The summed E-state index contributed by atoms with van der Waals surface area (Å²) in [6.45, 7) is 3.04. The van der Waals surface area contributed by atoms with Crippen LogP contribution in [0.2, 0.25) is 0 Å². The fourth-order valence-electron chi connectivity index (χ4n) is 3.48. The number of benzene rings is 2. The van der Waals surface area contributed by atoms with Gasteiger partial charge in [-0.1, -0.05) is 48.5 Å². The van der Waals surface area contributed by atoms with Crippen molar-refractivity contribution in [2.45, 2.75) is 6.92 Å². The van der Waals surface area contributed by atoms with Gasteiger partial charge < -0.3 is 9.32 Å². The predicted molar refractivity (Wildman–Crippen MR) is 113 cm³/mol. The number of para-hydroxylation sites is 1. The van der Waals surface area contributed by atoms with Crippen LogP contribution in [0, 0.1) is 6.92 Å². The lowest BCUT2D eigenvalue weighted by Gasteiger charge is -2.33. The minimum Gasteiger partial charge on any atom is -0.451 e. The van der Waals surface area contributed by atoms with Crippen molar-refractivity contribution in [1.29, 1.82) is 0 Å². The van der Waals surface area contributed by atoms with E-state index in [1.54, 1.807) is 11.0 Å². The standard InChI is InChI=1S/C22H22N2O4S/c1-17-19-9-5-6-10-20(19)28-21(17)22(25)23-12-14-24(15-13-23)29(26,27)16-11-18-7-3-2-4-8-18/h2-11,16H,12-15H2,1H3/b16-11+. The Bertz CT molecular complexity index is 1160. The van der Waals surface area contributed by atoms with Gasteiger partial charge in [-0.05, 0) is 24.6 Å². The molecular weight excluding hydrogens is 388 g/mol. The van der Waals surface area contributed by atoms with Crippen molar-refractivity contribution in [3.05, 3.63) is 76.9 Å². The maximum absolute atomic E-state index is 12.9. The van der Waals surface area contributed by atoms with Gasteiger partial charge in [0.05, 0.1) is 0 Å². The summed E-state index contributed by atoms with van der Waals surface area (Å²) in [5.41, 5.74) is 2.32. The van der Waals surface area contributed by atoms with Gasteiger partial charge in [0.1, 0.15) is 5.58 Å². The highest BCUT2D eigenvalue weighted by molar-refractivity contribution is 7.92. The van der Waals surface area contributed by atoms with E-state index < -0.39 is 10.0 Å². The van der Waals surface area contributed by atoms with Crippen LogP contribution in [0.4, 0.5) is 0 Å². The number of rotatable bonds is 4. The number of piperazine rings is 1. The van der Waals surface area contributed by atoms with E-state index in [1.807, 2.05) is 61.5 Å². The quantitative estimate of drug-likeness (QED) is 0.660. The first-order valence-electron chi connectivity index (χ1n) is 9.46. The van der Waals surface area contributed by atoms with Gasteiger partial charge in [-0.2, -0.15) is 4.31 Å². The molecule has 2 aromatic carbocycles. The molecule has 4 rings (SSSR count). The van der Waals surface area contributed by atoms with E-state index in [4.69, 9.17) is 4.42 Å². The Morgan fingerprint density at radius 1 is 0.966 bits per heavy atom. The molecule has 0 radical (unpaired) electrons. The summed E-state index contributed by atoms with van der Waals surface area (Å²) >= 11 is 0. The number of aryl methyl sites for hydroxylation is 1. The summed E-state index contributed by atoms with van der Waals surface area (Å²) in [7, 11) is -3.53. The smallest absolute Gasteiger partial charge is 0.289 e. The average molecular weight is 410 g/mol. The molecule has 1 fully saturated rings. The molecule has 7 heteroatoms. The molecule has 0 saturated carbocycles. The van der Waals surface area contributed by atoms with E-state index in [-0.39, 0.29) is 19.0 Å². The van der Waals surface area contributed by atoms with Crippen LogP contribution in [-0.4, -0.2) is 49.7 Å². The minimum atomic E-state index is -3.53. The molecule has 3 aromatic rings. The largest absolute Gasteiger partial charge is 0.451 e. The van der Waals surface area contributed by atoms with Crippen molar-refractivity contribution < 1.29 is 17.6 Å². The second-order valence-electron chi connectivity index (χ2n) is 7.00. The third-order valence-electron chi connectivity index (χ3n) is 5.16. The van der Waals surface area contributed by atoms with E-state index >= 15 is 0 Å². The summed E-state index contributed by atoms with van der Waals surface area (Å²) in [5.74, 6) is 0.127. The lowest BCUT2D eigenvalue weighted by Crippen LogP contribution is -2.50. The van der Waals surface area contributed by atoms with Gasteiger partial charge in [-0.25, -0.2) is 8.42 Å². The molecule has 1 aromatic heterocycles. The van der Waals surface area contributed by atoms with Gasteiger partial charge in [0.2, 0.25) is 10.0 Å². The van der Waals surface area contributed by atoms with E-state index in [0.717, 1.165) is 16.5 Å². The Hall–Kier alpha value is -2.90. The van der Waals surface area contributed by atoms with E-state index in [2.05, 4.69) is 0 Å². The minimum absolute atomic E-state index is 0.199. The molecule has 0 atom stereocenters.